The maximum Gasteiger partial charge on any atom is 0.329 e. The third-order valence-corrected chi connectivity index (χ3v) is 8.09. The fraction of sp³-hybridized carbons (Fsp3) is 0.667. The summed E-state index contributed by atoms with van der Waals surface area (Å²) in [5.74, 6) is 0.307. The highest BCUT2D eigenvalue weighted by Gasteiger charge is 2.62. The lowest BCUT2D eigenvalue weighted by molar-refractivity contribution is -0.0754. The van der Waals surface area contributed by atoms with E-state index in [2.05, 4.69) is 15.0 Å². The van der Waals surface area contributed by atoms with Crippen molar-refractivity contribution in [2.45, 2.75) is 49.6 Å². The second kappa shape index (κ2) is 7.72. The average molecular weight is 484 g/mol. The summed E-state index contributed by atoms with van der Waals surface area (Å²) in [5.41, 5.74) is 6.65. The van der Waals surface area contributed by atoms with Crippen molar-refractivity contribution in [3.8, 4) is 5.88 Å². The van der Waals surface area contributed by atoms with Crippen LogP contribution < -0.4 is 10.5 Å². The van der Waals surface area contributed by atoms with Gasteiger partial charge in [0.25, 0.3) is 0 Å². The SMILES string of the molecule is CCOc1nc(N)nc2c1ncn2C1OC2COP(=S)(OC(C)C)OC2(Cl)C1Cl. The first-order chi connectivity index (χ1) is 13.7. The van der Waals surface area contributed by atoms with Crippen LogP contribution in [0.15, 0.2) is 6.33 Å². The smallest absolute Gasteiger partial charge is 0.329 e. The van der Waals surface area contributed by atoms with E-state index in [9.17, 15) is 0 Å². The topological polar surface area (TPSA) is 116 Å². The van der Waals surface area contributed by atoms with Crippen molar-refractivity contribution in [3.05, 3.63) is 6.33 Å². The van der Waals surface area contributed by atoms with Crippen LogP contribution in [0.3, 0.4) is 0 Å². The molecule has 14 heteroatoms. The van der Waals surface area contributed by atoms with Gasteiger partial charge in [0.15, 0.2) is 22.5 Å². The van der Waals surface area contributed by atoms with Crippen LogP contribution in [0, 0.1) is 0 Å². The normalized spacial score (nSPS) is 34.6. The van der Waals surface area contributed by atoms with E-state index in [0.717, 1.165) is 0 Å². The number of fused-ring (bicyclic) bond motifs is 2. The van der Waals surface area contributed by atoms with Crippen molar-refractivity contribution in [2.75, 3.05) is 18.9 Å². The van der Waals surface area contributed by atoms with Crippen LogP contribution in [-0.4, -0.2) is 55.4 Å². The summed E-state index contributed by atoms with van der Waals surface area (Å²) in [4.78, 5) is 12.7. The Morgan fingerprint density at radius 1 is 1.48 bits per heavy atom. The van der Waals surface area contributed by atoms with Crippen molar-refractivity contribution in [3.63, 3.8) is 0 Å². The average Bonchev–Trinajstić information content (AvgIpc) is 3.13. The number of imidazole rings is 1. The van der Waals surface area contributed by atoms with Crippen LogP contribution in [0.1, 0.15) is 27.0 Å². The minimum absolute atomic E-state index is 0.0326. The van der Waals surface area contributed by atoms with Crippen molar-refractivity contribution in [2.24, 2.45) is 0 Å². The summed E-state index contributed by atoms with van der Waals surface area (Å²) in [6.45, 7) is 2.90. The Bertz CT molecular complexity index is 980. The second-order valence-corrected chi connectivity index (χ2v) is 10.7. The molecule has 29 heavy (non-hydrogen) atoms. The molecule has 10 nitrogen and oxygen atoms in total. The number of nitrogen functional groups attached to an aromatic ring is 1. The van der Waals surface area contributed by atoms with E-state index in [1.54, 1.807) is 4.57 Å². The van der Waals surface area contributed by atoms with E-state index in [0.29, 0.717) is 17.8 Å². The van der Waals surface area contributed by atoms with Crippen molar-refractivity contribution >= 4 is 58.8 Å². The fourth-order valence-corrected chi connectivity index (χ4v) is 6.85. The molecule has 0 saturated carbocycles. The quantitative estimate of drug-likeness (QED) is 0.502. The van der Waals surface area contributed by atoms with Crippen LogP contribution in [0.2, 0.25) is 0 Å². The molecule has 2 aromatic rings. The second-order valence-electron chi connectivity index (χ2n) is 6.75. The van der Waals surface area contributed by atoms with Gasteiger partial charge in [-0.15, -0.1) is 11.6 Å². The Labute approximate surface area is 182 Å². The standard InChI is InChI=1S/C15H20Cl2N5O5PS/c1-4-23-12-9-11(20-14(18)21-12)22(6-19-9)13-10(16)15(17)8(25-13)5-24-28(29,27-15)26-7(2)3/h6-8,10,13H,4-5H2,1-3H3,(H2,18,20,21). The van der Waals surface area contributed by atoms with Crippen LogP contribution >= 0.6 is 29.9 Å². The molecule has 4 heterocycles. The molecule has 0 aliphatic carbocycles. The van der Waals surface area contributed by atoms with Crippen LogP contribution in [-0.2, 0) is 30.1 Å². The van der Waals surface area contributed by atoms with Gasteiger partial charge in [0.1, 0.15) is 11.5 Å². The third-order valence-electron chi connectivity index (χ3n) is 4.31. The number of hydrogen-bond acceptors (Lipinski definition) is 10. The van der Waals surface area contributed by atoms with Gasteiger partial charge in [-0.3, -0.25) is 9.09 Å². The number of aromatic nitrogens is 4. The van der Waals surface area contributed by atoms with Crippen molar-refractivity contribution in [1.82, 2.24) is 19.5 Å². The Balaban J connectivity index is 1.69. The van der Waals surface area contributed by atoms with E-state index < -0.39 is 29.5 Å². The minimum atomic E-state index is -3.07. The van der Waals surface area contributed by atoms with Gasteiger partial charge >= 0.3 is 6.72 Å². The van der Waals surface area contributed by atoms with Crippen LogP contribution in [0.5, 0.6) is 5.88 Å². The van der Waals surface area contributed by atoms with Gasteiger partial charge in [0.2, 0.25) is 11.8 Å². The highest BCUT2D eigenvalue weighted by atomic mass is 35.5. The third kappa shape index (κ3) is 3.72. The van der Waals surface area contributed by atoms with Gasteiger partial charge in [-0.05, 0) is 32.6 Å². The zero-order valence-electron chi connectivity index (χ0n) is 15.8. The van der Waals surface area contributed by atoms with Gasteiger partial charge < -0.3 is 24.3 Å². The first-order valence-corrected chi connectivity index (χ1v) is 12.3. The number of anilines is 1. The van der Waals surface area contributed by atoms with Crippen molar-refractivity contribution in [1.29, 1.82) is 0 Å². The maximum absolute atomic E-state index is 6.77. The number of rotatable bonds is 5. The van der Waals surface area contributed by atoms with Gasteiger partial charge in [0.05, 0.1) is 25.6 Å². The lowest BCUT2D eigenvalue weighted by Gasteiger charge is -2.39. The molecule has 2 aliphatic heterocycles. The molecular weight excluding hydrogens is 464 g/mol. The van der Waals surface area contributed by atoms with Crippen LogP contribution in [0.25, 0.3) is 11.2 Å². The molecule has 5 unspecified atom stereocenters. The molecule has 4 rings (SSSR count). The molecule has 5 atom stereocenters. The number of ether oxygens (including phenoxy) is 2. The van der Waals surface area contributed by atoms with Gasteiger partial charge in [-0.1, -0.05) is 11.6 Å². The van der Waals surface area contributed by atoms with Crippen molar-refractivity contribution < 1.29 is 23.0 Å². The molecule has 0 aromatic carbocycles. The number of nitrogens with two attached hydrogens (primary N) is 1. The summed E-state index contributed by atoms with van der Waals surface area (Å²) in [6, 6.07) is 0. The number of nitrogens with zero attached hydrogens (tertiary/aromatic N) is 4. The predicted octanol–water partition coefficient (Wildman–Crippen LogP) is 2.94. The summed E-state index contributed by atoms with van der Waals surface area (Å²) in [5, 5.41) is -2.28. The lowest BCUT2D eigenvalue weighted by atomic mass is 10.1. The highest BCUT2D eigenvalue weighted by Crippen LogP contribution is 2.63. The van der Waals surface area contributed by atoms with E-state index in [4.69, 9.17) is 63.8 Å². The summed E-state index contributed by atoms with van der Waals surface area (Å²) >= 11 is 18.9. The molecule has 2 saturated heterocycles. The predicted molar refractivity (Wildman–Crippen MR) is 111 cm³/mol. The monoisotopic (exact) mass is 483 g/mol. The number of halogens is 2. The number of hydrogen-bond donors (Lipinski definition) is 1. The zero-order valence-corrected chi connectivity index (χ0v) is 19.0. The first kappa shape index (κ1) is 21.5. The molecule has 2 aliphatic rings. The molecule has 0 spiro atoms. The van der Waals surface area contributed by atoms with E-state index in [1.165, 1.54) is 6.33 Å². The Morgan fingerprint density at radius 3 is 2.93 bits per heavy atom. The zero-order chi connectivity index (χ0) is 21.0. The van der Waals surface area contributed by atoms with E-state index in [-0.39, 0.29) is 24.5 Å². The number of alkyl halides is 2. The Hall–Kier alpha value is -0.780. The summed E-state index contributed by atoms with van der Waals surface area (Å²) in [7, 11) is 0. The molecule has 2 aromatic heterocycles. The molecule has 2 N–H and O–H groups in total. The fourth-order valence-electron chi connectivity index (χ4n) is 3.17. The molecule has 0 bridgehead atoms. The lowest BCUT2D eigenvalue weighted by Crippen LogP contribution is -2.47. The minimum Gasteiger partial charge on any atom is -0.476 e. The van der Waals surface area contributed by atoms with Gasteiger partial charge in [0, 0.05) is 0 Å². The summed E-state index contributed by atoms with van der Waals surface area (Å²) in [6.07, 6.45) is -0.122. The maximum atomic E-state index is 6.77. The van der Waals surface area contributed by atoms with Gasteiger partial charge in [-0.2, -0.15) is 9.97 Å². The Kier molecular flexibility index (Phi) is 5.71. The molecule has 160 valence electrons. The van der Waals surface area contributed by atoms with E-state index in [1.807, 2.05) is 20.8 Å². The first-order valence-electron chi connectivity index (χ1n) is 8.92. The molecule has 2 fully saturated rings. The molecule has 0 radical (unpaired) electrons. The largest absolute Gasteiger partial charge is 0.476 e. The van der Waals surface area contributed by atoms with Crippen LogP contribution in [0.4, 0.5) is 5.95 Å². The van der Waals surface area contributed by atoms with E-state index >= 15 is 0 Å². The molecular formula is C15H20Cl2N5O5PS. The van der Waals surface area contributed by atoms with Gasteiger partial charge in [-0.25, -0.2) is 4.98 Å². The highest BCUT2D eigenvalue weighted by molar-refractivity contribution is 8.07. The molecule has 0 amide bonds. The Morgan fingerprint density at radius 2 is 2.24 bits per heavy atom. The summed E-state index contributed by atoms with van der Waals surface area (Å²) < 4.78 is 30.4.